The maximum atomic E-state index is 12.2. The summed E-state index contributed by atoms with van der Waals surface area (Å²) in [5.74, 6) is -1.05. The van der Waals surface area contributed by atoms with Gasteiger partial charge in [-0.15, -0.1) is 0 Å². The zero-order valence-corrected chi connectivity index (χ0v) is 15.8. The lowest BCUT2D eigenvalue weighted by Crippen LogP contribution is -2.47. The van der Waals surface area contributed by atoms with Crippen molar-refractivity contribution in [2.24, 2.45) is 0 Å². The van der Waals surface area contributed by atoms with E-state index in [0.717, 1.165) is 11.1 Å². The molecule has 0 bridgehead atoms. The van der Waals surface area contributed by atoms with Crippen LogP contribution in [0.5, 0.6) is 0 Å². The Kier molecular flexibility index (Phi) is 6.71. The van der Waals surface area contributed by atoms with Crippen LogP contribution in [0.1, 0.15) is 31.1 Å². The van der Waals surface area contributed by atoms with E-state index in [4.69, 9.17) is 0 Å². The summed E-state index contributed by atoms with van der Waals surface area (Å²) in [5, 5.41) is 7.77. The van der Waals surface area contributed by atoms with Crippen LogP contribution in [0.4, 0.5) is 0 Å². The molecule has 0 unspecified atom stereocenters. The molecule has 2 aromatic rings. The summed E-state index contributed by atoms with van der Waals surface area (Å²) in [6, 6.07) is 17.0. The minimum absolute atomic E-state index is 0.127. The van der Waals surface area contributed by atoms with E-state index in [1.54, 1.807) is 12.1 Å². The number of hydrogen-bond donors (Lipinski definition) is 3. The summed E-state index contributed by atoms with van der Waals surface area (Å²) < 4.78 is 0. The van der Waals surface area contributed by atoms with Gasteiger partial charge in [-0.2, -0.15) is 0 Å². The van der Waals surface area contributed by atoms with Crippen LogP contribution in [-0.2, 0) is 9.59 Å². The molecule has 0 saturated heterocycles. The standard InChI is InChI=1S/C21H25N3O3/c1-21(2,3)24-19(26)14-22-18(25)13-23-20(27)17-11-9-16(10-12-17)15-7-5-4-6-8-15/h4-12H,13-14H2,1-3H3,(H,22,25)(H,23,27)(H,24,26). The molecule has 3 N–H and O–H groups in total. The summed E-state index contributed by atoms with van der Waals surface area (Å²) >= 11 is 0. The number of nitrogens with one attached hydrogen (secondary N) is 3. The summed E-state index contributed by atoms with van der Waals surface area (Å²) in [4.78, 5) is 35.6. The van der Waals surface area contributed by atoms with Crippen molar-refractivity contribution >= 4 is 17.7 Å². The van der Waals surface area contributed by atoms with Gasteiger partial charge in [0.15, 0.2) is 0 Å². The Morgan fingerprint density at radius 1 is 0.741 bits per heavy atom. The summed E-state index contributed by atoms with van der Waals surface area (Å²) in [7, 11) is 0. The second-order valence-electron chi connectivity index (χ2n) is 7.20. The molecule has 2 rings (SSSR count). The SMILES string of the molecule is CC(C)(C)NC(=O)CNC(=O)CNC(=O)c1ccc(-c2ccccc2)cc1. The highest BCUT2D eigenvalue weighted by Gasteiger charge is 2.14. The van der Waals surface area contributed by atoms with Crippen LogP contribution in [0.2, 0.25) is 0 Å². The van der Waals surface area contributed by atoms with Crippen molar-refractivity contribution in [2.75, 3.05) is 13.1 Å². The van der Waals surface area contributed by atoms with Crippen molar-refractivity contribution in [2.45, 2.75) is 26.3 Å². The number of hydrogen-bond acceptors (Lipinski definition) is 3. The molecule has 2 aromatic carbocycles. The zero-order valence-electron chi connectivity index (χ0n) is 15.8. The molecule has 0 saturated carbocycles. The molecule has 0 fully saturated rings. The van der Waals surface area contributed by atoms with Crippen LogP contribution in [0.25, 0.3) is 11.1 Å². The molecule has 0 aliphatic carbocycles. The summed E-state index contributed by atoms with van der Waals surface area (Å²) in [6.07, 6.45) is 0. The van der Waals surface area contributed by atoms with E-state index in [-0.39, 0.29) is 30.4 Å². The minimum atomic E-state index is -0.423. The molecule has 0 aliphatic rings. The normalized spacial score (nSPS) is 10.8. The van der Waals surface area contributed by atoms with Gasteiger partial charge in [0.1, 0.15) is 0 Å². The van der Waals surface area contributed by atoms with Crippen LogP contribution in [-0.4, -0.2) is 36.3 Å². The lowest BCUT2D eigenvalue weighted by molar-refractivity contribution is -0.126. The Morgan fingerprint density at radius 2 is 1.30 bits per heavy atom. The monoisotopic (exact) mass is 367 g/mol. The number of amides is 3. The number of rotatable bonds is 6. The molecule has 0 aliphatic heterocycles. The largest absolute Gasteiger partial charge is 0.350 e. The smallest absolute Gasteiger partial charge is 0.251 e. The third kappa shape index (κ3) is 6.93. The fourth-order valence-electron chi connectivity index (χ4n) is 2.41. The molecular weight excluding hydrogens is 342 g/mol. The molecule has 142 valence electrons. The Hall–Kier alpha value is -3.15. The lowest BCUT2D eigenvalue weighted by atomic mass is 10.0. The van der Waals surface area contributed by atoms with Crippen LogP contribution in [0.15, 0.2) is 54.6 Å². The van der Waals surface area contributed by atoms with Gasteiger partial charge in [0.05, 0.1) is 13.1 Å². The van der Waals surface area contributed by atoms with Gasteiger partial charge in [-0.1, -0.05) is 42.5 Å². The lowest BCUT2D eigenvalue weighted by Gasteiger charge is -2.20. The molecular formula is C21H25N3O3. The Balaban J connectivity index is 1.80. The summed E-state index contributed by atoms with van der Waals surface area (Å²) in [5.41, 5.74) is 2.18. The topological polar surface area (TPSA) is 87.3 Å². The Labute approximate surface area is 159 Å². The number of carbonyl (C=O) groups is 3. The van der Waals surface area contributed by atoms with E-state index in [1.807, 2.05) is 63.2 Å². The molecule has 6 heteroatoms. The van der Waals surface area contributed by atoms with Gasteiger partial charge in [-0.3, -0.25) is 14.4 Å². The maximum Gasteiger partial charge on any atom is 0.251 e. The first-order valence-electron chi connectivity index (χ1n) is 8.76. The van der Waals surface area contributed by atoms with Crippen molar-refractivity contribution in [1.82, 2.24) is 16.0 Å². The van der Waals surface area contributed by atoms with Crippen LogP contribution in [0.3, 0.4) is 0 Å². The van der Waals surface area contributed by atoms with Crippen molar-refractivity contribution in [3.8, 4) is 11.1 Å². The molecule has 0 atom stereocenters. The molecule has 0 radical (unpaired) electrons. The highest BCUT2D eigenvalue weighted by molar-refractivity contribution is 5.97. The molecule has 27 heavy (non-hydrogen) atoms. The van der Waals surface area contributed by atoms with Crippen molar-refractivity contribution in [3.05, 3.63) is 60.2 Å². The predicted octanol–water partition coefficient (Wildman–Crippen LogP) is 2.11. The van der Waals surface area contributed by atoms with Crippen molar-refractivity contribution in [3.63, 3.8) is 0 Å². The highest BCUT2D eigenvalue weighted by Crippen LogP contribution is 2.19. The zero-order chi connectivity index (χ0) is 19.9. The van der Waals surface area contributed by atoms with E-state index in [0.29, 0.717) is 5.56 Å². The van der Waals surface area contributed by atoms with E-state index >= 15 is 0 Å². The number of benzene rings is 2. The van der Waals surface area contributed by atoms with E-state index in [1.165, 1.54) is 0 Å². The van der Waals surface area contributed by atoms with Gasteiger partial charge in [-0.05, 0) is 44.0 Å². The molecule has 3 amide bonds. The Morgan fingerprint density at radius 3 is 1.89 bits per heavy atom. The van der Waals surface area contributed by atoms with Crippen LogP contribution < -0.4 is 16.0 Å². The van der Waals surface area contributed by atoms with Crippen molar-refractivity contribution in [1.29, 1.82) is 0 Å². The van der Waals surface area contributed by atoms with Crippen molar-refractivity contribution < 1.29 is 14.4 Å². The fourth-order valence-corrected chi connectivity index (χ4v) is 2.41. The van der Waals surface area contributed by atoms with Crippen LogP contribution >= 0.6 is 0 Å². The maximum absolute atomic E-state index is 12.2. The van der Waals surface area contributed by atoms with Crippen LogP contribution in [0, 0.1) is 0 Å². The van der Waals surface area contributed by atoms with Gasteiger partial charge in [0, 0.05) is 11.1 Å². The first-order valence-corrected chi connectivity index (χ1v) is 8.76. The van der Waals surface area contributed by atoms with Gasteiger partial charge >= 0.3 is 0 Å². The predicted molar refractivity (Wildman–Crippen MR) is 105 cm³/mol. The second kappa shape index (κ2) is 8.98. The van der Waals surface area contributed by atoms with Gasteiger partial charge < -0.3 is 16.0 Å². The molecule has 0 aromatic heterocycles. The third-order valence-corrected chi connectivity index (χ3v) is 3.62. The molecule has 6 nitrogen and oxygen atoms in total. The van der Waals surface area contributed by atoms with E-state index in [2.05, 4.69) is 16.0 Å². The molecule has 0 heterocycles. The van der Waals surface area contributed by atoms with E-state index in [9.17, 15) is 14.4 Å². The first kappa shape index (κ1) is 20.2. The number of carbonyl (C=O) groups excluding carboxylic acids is 3. The minimum Gasteiger partial charge on any atom is -0.350 e. The Bertz CT molecular complexity index is 794. The van der Waals surface area contributed by atoms with Gasteiger partial charge in [0.25, 0.3) is 5.91 Å². The summed E-state index contributed by atoms with van der Waals surface area (Å²) in [6.45, 7) is 5.25. The van der Waals surface area contributed by atoms with E-state index < -0.39 is 5.91 Å². The third-order valence-electron chi connectivity index (χ3n) is 3.62. The quantitative estimate of drug-likeness (QED) is 0.731. The average Bonchev–Trinajstić information content (AvgIpc) is 2.64. The first-order chi connectivity index (χ1) is 12.7. The second-order valence-corrected chi connectivity index (χ2v) is 7.20. The highest BCUT2D eigenvalue weighted by atomic mass is 16.2. The van der Waals surface area contributed by atoms with Gasteiger partial charge in [-0.25, -0.2) is 0 Å². The van der Waals surface area contributed by atoms with Gasteiger partial charge in [0.2, 0.25) is 11.8 Å². The molecule has 0 spiro atoms. The average molecular weight is 367 g/mol. The fraction of sp³-hybridized carbons (Fsp3) is 0.286.